The average Bonchev–Trinajstić information content (AvgIpc) is 2.70. The van der Waals surface area contributed by atoms with Crippen LogP contribution in [0, 0.1) is 21.7 Å². The van der Waals surface area contributed by atoms with E-state index in [4.69, 9.17) is 9.47 Å². The number of nitrogens with one attached hydrogen (secondary N) is 1. The summed E-state index contributed by atoms with van der Waals surface area (Å²) in [4.78, 5) is 24.0. The summed E-state index contributed by atoms with van der Waals surface area (Å²) in [5, 5.41) is 13.2. The van der Waals surface area contributed by atoms with Crippen LogP contribution in [0.15, 0.2) is 42.5 Å². The fourth-order valence-electron chi connectivity index (χ4n) is 2.92. The second-order valence-corrected chi connectivity index (χ2v) is 6.50. The Hall–Kier alpha value is -3.11. The SMILES string of the molecule is O=C(NC[C@H]1CN(Cc2ccc(F)c(F)c2)CCO1)Oc1ccc([N+](=O)[O-])cc1. The number of rotatable bonds is 6. The molecule has 2 aromatic rings. The molecule has 0 aliphatic carbocycles. The van der Waals surface area contributed by atoms with Crippen molar-refractivity contribution in [2.24, 2.45) is 0 Å². The Labute approximate surface area is 165 Å². The Bertz CT molecular complexity index is 879. The number of hydrogen-bond donors (Lipinski definition) is 1. The lowest BCUT2D eigenvalue weighted by Crippen LogP contribution is -2.47. The van der Waals surface area contributed by atoms with E-state index < -0.39 is 22.7 Å². The molecule has 154 valence electrons. The van der Waals surface area contributed by atoms with Gasteiger partial charge in [0.05, 0.1) is 17.6 Å². The van der Waals surface area contributed by atoms with E-state index in [9.17, 15) is 23.7 Å². The van der Waals surface area contributed by atoms with Gasteiger partial charge in [-0.1, -0.05) is 6.07 Å². The van der Waals surface area contributed by atoms with Crippen molar-refractivity contribution in [2.75, 3.05) is 26.2 Å². The summed E-state index contributed by atoms with van der Waals surface area (Å²) in [6, 6.07) is 8.93. The summed E-state index contributed by atoms with van der Waals surface area (Å²) < 4.78 is 37.1. The first-order valence-corrected chi connectivity index (χ1v) is 8.89. The van der Waals surface area contributed by atoms with Crippen LogP contribution in [0.5, 0.6) is 5.75 Å². The predicted octanol–water partition coefficient (Wildman–Crippen LogP) is 2.86. The topological polar surface area (TPSA) is 93.9 Å². The number of benzene rings is 2. The highest BCUT2D eigenvalue weighted by atomic mass is 19.2. The van der Waals surface area contributed by atoms with Crippen molar-refractivity contribution in [3.8, 4) is 5.75 Å². The van der Waals surface area contributed by atoms with Crippen molar-refractivity contribution in [2.45, 2.75) is 12.6 Å². The lowest BCUT2D eigenvalue weighted by molar-refractivity contribution is -0.384. The Kier molecular flexibility index (Phi) is 6.68. The molecule has 0 radical (unpaired) electrons. The number of carbonyl (C=O) groups is 1. The largest absolute Gasteiger partial charge is 0.412 e. The van der Waals surface area contributed by atoms with Gasteiger partial charge in [0.1, 0.15) is 5.75 Å². The van der Waals surface area contributed by atoms with Crippen LogP contribution in [-0.4, -0.2) is 48.3 Å². The molecule has 1 atom stereocenters. The van der Waals surface area contributed by atoms with Crippen LogP contribution in [0.3, 0.4) is 0 Å². The van der Waals surface area contributed by atoms with E-state index in [1.165, 1.54) is 36.4 Å². The van der Waals surface area contributed by atoms with Crippen molar-refractivity contribution in [3.63, 3.8) is 0 Å². The molecule has 1 heterocycles. The molecule has 2 aromatic carbocycles. The van der Waals surface area contributed by atoms with E-state index in [-0.39, 0.29) is 24.1 Å². The predicted molar refractivity (Wildman–Crippen MR) is 98.5 cm³/mol. The van der Waals surface area contributed by atoms with Crippen LogP contribution in [-0.2, 0) is 11.3 Å². The van der Waals surface area contributed by atoms with Gasteiger partial charge in [0.2, 0.25) is 0 Å². The van der Waals surface area contributed by atoms with Gasteiger partial charge in [-0.2, -0.15) is 0 Å². The van der Waals surface area contributed by atoms with Gasteiger partial charge in [-0.3, -0.25) is 15.0 Å². The third kappa shape index (κ3) is 5.93. The number of amides is 1. The Morgan fingerprint density at radius 2 is 2.00 bits per heavy atom. The smallest absolute Gasteiger partial charge is 0.410 e. The van der Waals surface area contributed by atoms with Crippen molar-refractivity contribution in [1.29, 1.82) is 0 Å². The molecule has 0 unspecified atom stereocenters. The molecule has 1 aliphatic rings. The summed E-state index contributed by atoms with van der Waals surface area (Å²) >= 11 is 0. The zero-order valence-corrected chi connectivity index (χ0v) is 15.3. The summed E-state index contributed by atoms with van der Waals surface area (Å²) in [6.45, 7) is 2.19. The van der Waals surface area contributed by atoms with Crippen LogP contribution in [0.4, 0.5) is 19.3 Å². The minimum atomic E-state index is -0.886. The van der Waals surface area contributed by atoms with Gasteiger partial charge in [0, 0.05) is 38.3 Å². The molecule has 0 saturated carbocycles. The second kappa shape index (κ2) is 9.39. The van der Waals surface area contributed by atoms with Gasteiger partial charge >= 0.3 is 6.09 Å². The third-order valence-corrected chi connectivity index (χ3v) is 4.35. The first kappa shape index (κ1) is 20.6. The maximum Gasteiger partial charge on any atom is 0.412 e. The lowest BCUT2D eigenvalue weighted by atomic mass is 10.1. The minimum absolute atomic E-state index is 0.102. The highest BCUT2D eigenvalue weighted by Crippen LogP contribution is 2.17. The number of nitrogens with zero attached hydrogens (tertiary/aromatic N) is 2. The molecular weight excluding hydrogens is 388 g/mol. The van der Waals surface area contributed by atoms with Crippen molar-refractivity contribution in [3.05, 3.63) is 69.8 Å². The molecule has 1 N–H and O–H groups in total. The molecule has 10 heteroatoms. The molecule has 1 fully saturated rings. The van der Waals surface area contributed by atoms with Crippen molar-refractivity contribution >= 4 is 11.8 Å². The molecule has 1 amide bonds. The number of hydrogen-bond acceptors (Lipinski definition) is 6. The van der Waals surface area contributed by atoms with Gasteiger partial charge in [-0.25, -0.2) is 13.6 Å². The fraction of sp³-hybridized carbons (Fsp3) is 0.316. The van der Waals surface area contributed by atoms with E-state index in [1.807, 2.05) is 4.90 Å². The number of nitro groups is 1. The lowest BCUT2D eigenvalue weighted by Gasteiger charge is -2.33. The molecule has 0 bridgehead atoms. The fourth-order valence-corrected chi connectivity index (χ4v) is 2.92. The van der Waals surface area contributed by atoms with Crippen LogP contribution in [0.25, 0.3) is 0 Å². The molecule has 29 heavy (non-hydrogen) atoms. The van der Waals surface area contributed by atoms with E-state index in [0.717, 1.165) is 6.07 Å². The first-order valence-electron chi connectivity index (χ1n) is 8.89. The second-order valence-electron chi connectivity index (χ2n) is 6.50. The van der Waals surface area contributed by atoms with Crippen molar-refractivity contribution < 1.29 is 28.0 Å². The number of carbonyl (C=O) groups excluding carboxylic acids is 1. The Balaban J connectivity index is 1.45. The molecule has 1 aliphatic heterocycles. The highest BCUT2D eigenvalue weighted by Gasteiger charge is 2.22. The number of non-ortho nitro benzene ring substituents is 1. The van der Waals surface area contributed by atoms with E-state index in [1.54, 1.807) is 0 Å². The summed E-state index contributed by atoms with van der Waals surface area (Å²) in [5.41, 5.74) is 0.546. The van der Waals surface area contributed by atoms with Gasteiger partial charge in [-0.15, -0.1) is 0 Å². The Morgan fingerprint density at radius 3 is 2.69 bits per heavy atom. The summed E-state index contributed by atoms with van der Waals surface area (Å²) in [5.74, 6) is -1.59. The van der Waals surface area contributed by atoms with Gasteiger partial charge < -0.3 is 14.8 Å². The molecule has 0 aromatic heterocycles. The highest BCUT2D eigenvalue weighted by molar-refractivity contribution is 5.70. The Morgan fingerprint density at radius 1 is 1.24 bits per heavy atom. The maximum absolute atomic E-state index is 13.3. The molecule has 1 saturated heterocycles. The molecule has 3 rings (SSSR count). The number of halogens is 2. The maximum atomic E-state index is 13.3. The van der Waals surface area contributed by atoms with Crippen LogP contribution in [0.1, 0.15) is 5.56 Å². The number of morpholine rings is 1. The standard InChI is InChI=1S/C19H19F2N3O5/c20-17-6-1-13(9-18(17)21)11-23-7-8-28-16(12-23)10-22-19(25)29-15-4-2-14(3-5-15)24(26)27/h1-6,9,16H,7-8,10-12H2,(H,22,25)/t16-/m0/s1. The van der Waals surface area contributed by atoms with Crippen molar-refractivity contribution in [1.82, 2.24) is 10.2 Å². The van der Waals surface area contributed by atoms with Crippen LogP contribution in [0.2, 0.25) is 0 Å². The molecular formula is C19H19F2N3O5. The van der Waals surface area contributed by atoms with E-state index in [0.29, 0.717) is 31.8 Å². The number of ether oxygens (including phenoxy) is 2. The van der Waals surface area contributed by atoms with Gasteiger partial charge in [-0.05, 0) is 29.8 Å². The van der Waals surface area contributed by atoms with E-state index >= 15 is 0 Å². The van der Waals surface area contributed by atoms with Crippen LogP contribution < -0.4 is 10.1 Å². The van der Waals surface area contributed by atoms with Crippen LogP contribution >= 0.6 is 0 Å². The summed E-state index contributed by atoms with van der Waals surface area (Å²) in [7, 11) is 0. The first-order chi connectivity index (χ1) is 13.9. The molecule has 0 spiro atoms. The quantitative estimate of drug-likeness (QED) is 0.585. The third-order valence-electron chi connectivity index (χ3n) is 4.35. The number of nitro benzene ring substituents is 1. The van der Waals surface area contributed by atoms with Gasteiger partial charge in [0.25, 0.3) is 5.69 Å². The normalized spacial score (nSPS) is 17.0. The van der Waals surface area contributed by atoms with E-state index in [2.05, 4.69) is 5.32 Å². The zero-order chi connectivity index (χ0) is 20.8. The average molecular weight is 407 g/mol. The molecule has 8 nitrogen and oxygen atoms in total. The minimum Gasteiger partial charge on any atom is -0.410 e. The van der Waals surface area contributed by atoms with Gasteiger partial charge in [0.15, 0.2) is 11.6 Å². The monoisotopic (exact) mass is 407 g/mol. The zero-order valence-electron chi connectivity index (χ0n) is 15.3. The summed E-state index contributed by atoms with van der Waals surface area (Å²) in [6.07, 6.45) is -1.00.